The van der Waals surface area contributed by atoms with Crippen molar-refractivity contribution in [2.75, 3.05) is 24.3 Å². The number of benzene rings is 1. The van der Waals surface area contributed by atoms with Gasteiger partial charge >= 0.3 is 0 Å². The van der Waals surface area contributed by atoms with Gasteiger partial charge in [-0.25, -0.2) is 0 Å². The van der Waals surface area contributed by atoms with E-state index in [2.05, 4.69) is 32.7 Å². The average molecular weight is 287 g/mol. The van der Waals surface area contributed by atoms with E-state index in [1.54, 1.807) is 13.3 Å². The molecule has 1 aromatic carbocycles. The van der Waals surface area contributed by atoms with Gasteiger partial charge in [0.05, 0.1) is 19.0 Å². The van der Waals surface area contributed by atoms with Crippen molar-refractivity contribution >= 4 is 17.5 Å². The summed E-state index contributed by atoms with van der Waals surface area (Å²) in [4.78, 5) is 4.39. The largest absolute Gasteiger partial charge is 0.495 e. The first kappa shape index (κ1) is 15.0. The Labute approximate surface area is 125 Å². The third-order valence-electron chi connectivity index (χ3n) is 2.99. The van der Waals surface area contributed by atoms with Crippen LogP contribution in [-0.4, -0.2) is 28.8 Å². The van der Waals surface area contributed by atoms with Gasteiger partial charge in [0.25, 0.3) is 0 Å². The van der Waals surface area contributed by atoms with Gasteiger partial charge in [-0.2, -0.15) is 10.1 Å². The second-order valence-corrected chi connectivity index (χ2v) is 4.62. The summed E-state index contributed by atoms with van der Waals surface area (Å²) in [6.45, 7) is 3.03. The third kappa shape index (κ3) is 4.59. The van der Waals surface area contributed by atoms with E-state index >= 15 is 0 Å². The zero-order chi connectivity index (χ0) is 14.9. The molecule has 0 bridgehead atoms. The number of nitrogens with zero attached hydrogens (tertiary/aromatic N) is 3. The van der Waals surface area contributed by atoms with E-state index in [-0.39, 0.29) is 0 Å². The minimum Gasteiger partial charge on any atom is -0.495 e. The fourth-order valence-electron chi connectivity index (χ4n) is 1.90. The van der Waals surface area contributed by atoms with Crippen molar-refractivity contribution in [2.45, 2.75) is 26.2 Å². The predicted octanol–water partition coefficient (Wildman–Crippen LogP) is 3.23. The molecule has 0 spiro atoms. The monoisotopic (exact) mass is 287 g/mol. The van der Waals surface area contributed by atoms with E-state index in [1.807, 2.05) is 24.3 Å². The minimum absolute atomic E-state index is 0.533. The van der Waals surface area contributed by atoms with E-state index in [9.17, 15) is 0 Å². The van der Waals surface area contributed by atoms with Crippen molar-refractivity contribution in [1.82, 2.24) is 15.2 Å². The van der Waals surface area contributed by atoms with Gasteiger partial charge in [-0.1, -0.05) is 31.9 Å². The summed E-state index contributed by atoms with van der Waals surface area (Å²) in [6, 6.07) is 7.67. The summed E-state index contributed by atoms with van der Waals surface area (Å²) < 4.78 is 5.30. The van der Waals surface area contributed by atoms with Gasteiger partial charge in [0, 0.05) is 6.54 Å². The number of ether oxygens (including phenoxy) is 1. The smallest absolute Gasteiger partial charge is 0.244 e. The second kappa shape index (κ2) is 8.04. The Balaban J connectivity index is 2.00. The van der Waals surface area contributed by atoms with Gasteiger partial charge in [-0.05, 0) is 18.6 Å². The average Bonchev–Trinajstić information content (AvgIpc) is 2.52. The molecule has 0 aliphatic carbocycles. The maximum absolute atomic E-state index is 5.30. The summed E-state index contributed by atoms with van der Waals surface area (Å²) in [5.41, 5.74) is 0.845. The molecule has 0 radical (unpaired) electrons. The molecular formula is C15H21N5O. The Morgan fingerprint density at radius 1 is 1.19 bits per heavy atom. The Kier molecular flexibility index (Phi) is 5.75. The summed E-state index contributed by atoms with van der Waals surface area (Å²) in [5.74, 6) is 1.92. The van der Waals surface area contributed by atoms with Crippen LogP contribution in [-0.2, 0) is 0 Å². The number of rotatable bonds is 8. The summed E-state index contributed by atoms with van der Waals surface area (Å²) >= 11 is 0. The first-order chi connectivity index (χ1) is 10.3. The molecule has 0 aliphatic rings. The lowest BCUT2D eigenvalue weighted by atomic mass is 10.2. The fraction of sp³-hybridized carbons (Fsp3) is 0.400. The van der Waals surface area contributed by atoms with Gasteiger partial charge in [0.1, 0.15) is 5.75 Å². The van der Waals surface area contributed by atoms with Crippen molar-refractivity contribution < 1.29 is 4.74 Å². The summed E-state index contributed by atoms with van der Waals surface area (Å²) in [7, 11) is 1.64. The van der Waals surface area contributed by atoms with Crippen LogP contribution in [0.15, 0.2) is 30.5 Å². The SMILES string of the molecule is CCCCCNc1nncc(Nc2ccccc2OC)n1. The molecule has 112 valence electrons. The molecule has 0 atom stereocenters. The van der Waals surface area contributed by atoms with Crippen LogP contribution in [0.25, 0.3) is 0 Å². The van der Waals surface area contributed by atoms with Crippen LogP contribution in [0, 0.1) is 0 Å². The molecular weight excluding hydrogens is 266 g/mol. The summed E-state index contributed by atoms with van der Waals surface area (Å²) in [5, 5.41) is 14.3. The standard InChI is InChI=1S/C15H21N5O/c1-3-4-7-10-16-15-19-14(11-17-20-15)18-12-8-5-6-9-13(12)21-2/h5-6,8-9,11H,3-4,7,10H2,1-2H3,(H2,16,18,19,20). The molecule has 1 aromatic heterocycles. The quantitative estimate of drug-likeness (QED) is 0.726. The van der Waals surface area contributed by atoms with E-state index in [4.69, 9.17) is 4.74 Å². The van der Waals surface area contributed by atoms with Crippen LogP contribution >= 0.6 is 0 Å². The number of aromatic nitrogens is 3. The number of nitrogens with one attached hydrogen (secondary N) is 2. The van der Waals surface area contributed by atoms with Gasteiger partial charge in [0.15, 0.2) is 5.82 Å². The van der Waals surface area contributed by atoms with E-state index in [1.165, 1.54) is 12.8 Å². The highest BCUT2D eigenvalue weighted by atomic mass is 16.5. The van der Waals surface area contributed by atoms with Crippen LogP contribution in [0.2, 0.25) is 0 Å². The van der Waals surface area contributed by atoms with Gasteiger partial charge in [0.2, 0.25) is 5.95 Å². The number of hydrogen-bond donors (Lipinski definition) is 2. The Morgan fingerprint density at radius 2 is 2.05 bits per heavy atom. The Morgan fingerprint density at radius 3 is 2.86 bits per heavy atom. The molecule has 0 aliphatic heterocycles. The minimum atomic E-state index is 0.533. The molecule has 0 unspecified atom stereocenters. The fourth-order valence-corrected chi connectivity index (χ4v) is 1.90. The lowest BCUT2D eigenvalue weighted by molar-refractivity contribution is 0.417. The number of anilines is 3. The van der Waals surface area contributed by atoms with Crippen LogP contribution in [0.1, 0.15) is 26.2 Å². The Hall–Kier alpha value is -2.37. The second-order valence-electron chi connectivity index (χ2n) is 4.62. The molecule has 1 heterocycles. The lowest BCUT2D eigenvalue weighted by Crippen LogP contribution is -2.07. The van der Waals surface area contributed by atoms with Crippen LogP contribution < -0.4 is 15.4 Å². The molecule has 0 saturated heterocycles. The lowest BCUT2D eigenvalue weighted by Gasteiger charge is -2.10. The highest BCUT2D eigenvalue weighted by Crippen LogP contribution is 2.25. The zero-order valence-corrected chi connectivity index (χ0v) is 12.5. The van der Waals surface area contributed by atoms with Crippen molar-refractivity contribution in [3.63, 3.8) is 0 Å². The molecule has 2 N–H and O–H groups in total. The van der Waals surface area contributed by atoms with E-state index < -0.39 is 0 Å². The molecule has 0 amide bonds. The maximum Gasteiger partial charge on any atom is 0.244 e. The normalized spacial score (nSPS) is 10.2. The van der Waals surface area contributed by atoms with Gasteiger partial charge in [-0.3, -0.25) is 0 Å². The van der Waals surface area contributed by atoms with Crippen molar-refractivity contribution in [2.24, 2.45) is 0 Å². The van der Waals surface area contributed by atoms with Crippen LogP contribution in [0.3, 0.4) is 0 Å². The van der Waals surface area contributed by atoms with Crippen LogP contribution in [0.4, 0.5) is 17.5 Å². The van der Waals surface area contributed by atoms with Crippen LogP contribution in [0.5, 0.6) is 5.75 Å². The van der Waals surface area contributed by atoms with Crippen molar-refractivity contribution in [3.8, 4) is 5.75 Å². The highest BCUT2D eigenvalue weighted by molar-refractivity contribution is 5.63. The molecule has 0 fully saturated rings. The van der Waals surface area contributed by atoms with Gasteiger partial charge < -0.3 is 15.4 Å². The van der Waals surface area contributed by atoms with Gasteiger partial charge in [-0.15, -0.1) is 5.10 Å². The topological polar surface area (TPSA) is 72.0 Å². The number of hydrogen-bond acceptors (Lipinski definition) is 6. The van der Waals surface area contributed by atoms with Crippen molar-refractivity contribution in [1.29, 1.82) is 0 Å². The zero-order valence-electron chi connectivity index (χ0n) is 12.5. The molecule has 6 heteroatoms. The third-order valence-corrected chi connectivity index (χ3v) is 2.99. The first-order valence-electron chi connectivity index (χ1n) is 7.17. The summed E-state index contributed by atoms with van der Waals surface area (Å²) in [6.07, 6.45) is 5.07. The molecule has 0 saturated carbocycles. The molecule has 2 aromatic rings. The van der Waals surface area contributed by atoms with E-state index in [0.717, 1.165) is 24.4 Å². The Bertz CT molecular complexity index is 561. The number of unbranched alkanes of at least 4 members (excludes halogenated alkanes) is 2. The van der Waals surface area contributed by atoms with E-state index in [0.29, 0.717) is 11.8 Å². The maximum atomic E-state index is 5.30. The molecule has 6 nitrogen and oxygen atoms in total. The number of para-hydroxylation sites is 2. The number of methoxy groups -OCH3 is 1. The first-order valence-corrected chi connectivity index (χ1v) is 7.17. The predicted molar refractivity (Wildman–Crippen MR) is 84.1 cm³/mol. The molecule has 21 heavy (non-hydrogen) atoms. The highest BCUT2D eigenvalue weighted by Gasteiger charge is 2.04. The van der Waals surface area contributed by atoms with Crippen molar-refractivity contribution in [3.05, 3.63) is 30.5 Å². The molecule has 2 rings (SSSR count).